The molecule has 0 radical (unpaired) electrons. The largest absolute Gasteiger partial charge is 0.384 e. The zero-order chi connectivity index (χ0) is 14.4. The third-order valence-corrected chi connectivity index (χ3v) is 4.77. The lowest BCUT2D eigenvalue weighted by Crippen LogP contribution is -2.33. The molecular formula is C15H23N3OS. The molecule has 110 valence electrons. The number of primary amides is 1. The SMILES string of the molecule is CN1CCC(CNc2ccccc2SCC(N)=O)CC1. The molecule has 1 heterocycles. The fourth-order valence-corrected chi connectivity index (χ4v) is 3.18. The van der Waals surface area contributed by atoms with Crippen LogP contribution in [0.2, 0.25) is 0 Å². The first-order valence-corrected chi connectivity index (χ1v) is 8.06. The summed E-state index contributed by atoms with van der Waals surface area (Å²) in [5.74, 6) is 0.785. The van der Waals surface area contributed by atoms with Gasteiger partial charge in [-0.3, -0.25) is 4.79 Å². The van der Waals surface area contributed by atoms with Gasteiger partial charge in [0, 0.05) is 17.1 Å². The Bertz CT molecular complexity index is 444. The third kappa shape index (κ3) is 4.72. The maximum absolute atomic E-state index is 10.9. The molecule has 4 nitrogen and oxygen atoms in total. The number of piperidine rings is 1. The number of likely N-dealkylation sites (tertiary alicyclic amines) is 1. The normalized spacial score (nSPS) is 17.1. The Kier molecular flexibility index (Phi) is 5.73. The predicted molar refractivity (Wildman–Crippen MR) is 85.1 cm³/mol. The van der Waals surface area contributed by atoms with Crippen molar-refractivity contribution in [2.45, 2.75) is 17.7 Å². The van der Waals surface area contributed by atoms with Crippen LogP contribution in [0.25, 0.3) is 0 Å². The van der Waals surface area contributed by atoms with Gasteiger partial charge in [-0.2, -0.15) is 0 Å². The zero-order valence-corrected chi connectivity index (χ0v) is 12.8. The van der Waals surface area contributed by atoms with Crippen LogP contribution in [0.3, 0.4) is 0 Å². The van der Waals surface area contributed by atoms with Crippen LogP contribution >= 0.6 is 11.8 Å². The van der Waals surface area contributed by atoms with Gasteiger partial charge in [0.2, 0.25) is 5.91 Å². The van der Waals surface area contributed by atoms with Gasteiger partial charge in [-0.1, -0.05) is 12.1 Å². The van der Waals surface area contributed by atoms with Crippen molar-refractivity contribution >= 4 is 23.4 Å². The molecule has 1 fully saturated rings. The van der Waals surface area contributed by atoms with E-state index in [1.807, 2.05) is 18.2 Å². The number of hydrogen-bond acceptors (Lipinski definition) is 4. The number of anilines is 1. The van der Waals surface area contributed by atoms with Crippen molar-refractivity contribution in [2.24, 2.45) is 11.7 Å². The first kappa shape index (κ1) is 15.2. The molecule has 0 spiro atoms. The number of hydrogen-bond donors (Lipinski definition) is 2. The van der Waals surface area contributed by atoms with E-state index >= 15 is 0 Å². The Morgan fingerprint density at radius 3 is 2.80 bits per heavy atom. The first-order chi connectivity index (χ1) is 9.65. The van der Waals surface area contributed by atoms with Crippen LogP contribution in [0.4, 0.5) is 5.69 Å². The summed E-state index contributed by atoms with van der Waals surface area (Å²) in [6.07, 6.45) is 2.50. The summed E-state index contributed by atoms with van der Waals surface area (Å²) in [5, 5.41) is 3.53. The highest BCUT2D eigenvalue weighted by molar-refractivity contribution is 8.00. The van der Waals surface area contributed by atoms with Crippen molar-refractivity contribution in [3.8, 4) is 0 Å². The average Bonchev–Trinajstić information content (AvgIpc) is 2.45. The molecule has 0 aliphatic carbocycles. The van der Waals surface area contributed by atoms with Gasteiger partial charge in [0.15, 0.2) is 0 Å². The summed E-state index contributed by atoms with van der Waals surface area (Å²) in [7, 11) is 2.18. The number of nitrogens with zero attached hydrogens (tertiary/aromatic N) is 1. The maximum Gasteiger partial charge on any atom is 0.227 e. The summed E-state index contributed by atoms with van der Waals surface area (Å²) in [6.45, 7) is 3.37. The molecule has 0 aromatic heterocycles. The zero-order valence-electron chi connectivity index (χ0n) is 12.0. The molecule has 0 unspecified atom stereocenters. The number of nitrogens with two attached hydrogens (primary N) is 1. The topological polar surface area (TPSA) is 58.4 Å². The number of thioether (sulfide) groups is 1. The minimum Gasteiger partial charge on any atom is -0.384 e. The van der Waals surface area contributed by atoms with E-state index in [4.69, 9.17) is 5.73 Å². The van der Waals surface area contributed by atoms with E-state index in [9.17, 15) is 4.79 Å². The predicted octanol–water partition coefficient (Wildman–Crippen LogP) is 2.02. The molecule has 1 aromatic carbocycles. The molecule has 20 heavy (non-hydrogen) atoms. The highest BCUT2D eigenvalue weighted by Crippen LogP contribution is 2.27. The van der Waals surface area contributed by atoms with E-state index in [2.05, 4.69) is 23.3 Å². The second-order valence-electron chi connectivity index (χ2n) is 5.38. The summed E-state index contributed by atoms with van der Waals surface area (Å²) in [4.78, 5) is 14.4. The van der Waals surface area contributed by atoms with E-state index < -0.39 is 0 Å². The number of benzene rings is 1. The second-order valence-corrected chi connectivity index (χ2v) is 6.40. The molecule has 5 heteroatoms. The van der Waals surface area contributed by atoms with E-state index in [1.54, 1.807) is 0 Å². The monoisotopic (exact) mass is 293 g/mol. The van der Waals surface area contributed by atoms with Crippen LogP contribution in [0.1, 0.15) is 12.8 Å². The molecule has 1 saturated heterocycles. The molecular weight excluding hydrogens is 270 g/mol. The van der Waals surface area contributed by atoms with Crippen LogP contribution < -0.4 is 11.1 Å². The fourth-order valence-electron chi connectivity index (χ4n) is 2.41. The van der Waals surface area contributed by atoms with Crippen molar-refractivity contribution in [2.75, 3.05) is 37.8 Å². The summed E-state index contributed by atoms with van der Waals surface area (Å²) >= 11 is 1.50. The van der Waals surface area contributed by atoms with Crippen LogP contribution in [0, 0.1) is 5.92 Å². The number of carbonyl (C=O) groups is 1. The van der Waals surface area contributed by atoms with Crippen LogP contribution in [-0.2, 0) is 4.79 Å². The molecule has 0 bridgehead atoms. The first-order valence-electron chi connectivity index (χ1n) is 7.07. The number of para-hydroxylation sites is 1. The standard InChI is InChI=1S/C15H23N3OS/c1-18-8-6-12(7-9-18)10-17-13-4-2-3-5-14(13)20-11-15(16)19/h2-5,12,17H,6-11H2,1H3,(H2,16,19). The fraction of sp³-hybridized carbons (Fsp3) is 0.533. The van der Waals surface area contributed by atoms with Gasteiger partial charge in [-0.05, 0) is 51.0 Å². The van der Waals surface area contributed by atoms with Crippen LogP contribution in [0.15, 0.2) is 29.2 Å². The Labute approximate surface area is 125 Å². The third-order valence-electron chi connectivity index (χ3n) is 3.68. The molecule has 0 saturated carbocycles. The highest BCUT2D eigenvalue weighted by atomic mass is 32.2. The highest BCUT2D eigenvalue weighted by Gasteiger charge is 2.16. The van der Waals surface area contributed by atoms with Crippen molar-refractivity contribution < 1.29 is 4.79 Å². The summed E-state index contributed by atoms with van der Waals surface area (Å²) in [6, 6.07) is 8.11. The van der Waals surface area contributed by atoms with Crippen molar-refractivity contribution in [1.82, 2.24) is 4.90 Å². The number of nitrogens with one attached hydrogen (secondary N) is 1. The Morgan fingerprint density at radius 2 is 2.10 bits per heavy atom. The number of carbonyl (C=O) groups excluding carboxylic acids is 1. The van der Waals surface area contributed by atoms with Crippen molar-refractivity contribution in [1.29, 1.82) is 0 Å². The van der Waals surface area contributed by atoms with Crippen LogP contribution in [-0.4, -0.2) is 43.2 Å². The Morgan fingerprint density at radius 1 is 1.40 bits per heavy atom. The Balaban J connectivity index is 1.87. The maximum atomic E-state index is 10.9. The molecule has 0 atom stereocenters. The number of rotatable bonds is 6. The lowest BCUT2D eigenvalue weighted by atomic mass is 9.97. The quantitative estimate of drug-likeness (QED) is 0.788. The van der Waals surface area contributed by atoms with E-state index in [0.717, 1.165) is 23.0 Å². The smallest absolute Gasteiger partial charge is 0.227 e. The minimum atomic E-state index is -0.278. The van der Waals surface area contributed by atoms with Gasteiger partial charge < -0.3 is 16.0 Å². The van der Waals surface area contributed by atoms with Gasteiger partial charge in [-0.25, -0.2) is 0 Å². The van der Waals surface area contributed by atoms with Crippen LogP contribution in [0.5, 0.6) is 0 Å². The second kappa shape index (κ2) is 7.55. The van der Waals surface area contributed by atoms with E-state index in [1.165, 1.54) is 37.7 Å². The van der Waals surface area contributed by atoms with Gasteiger partial charge >= 0.3 is 0 Å². The summed E-state index contributed by atoms with van der Waals surface area (Å²) < 4.78 is 0. The molecule has 3 N–H and O–H groups in total. The lowest BCUT2D eigenvalue weighted by molar-refractivity contribution is -0.115. The summed E-state index contributed by atoms with van der Waals surface area (Å²) in [5.41, 5.74) is 6.32. The molecule has 1 aliphatic rings. The Hall–Kier alpha value is -1.20. The van der Waals surface area contributed by atoms with Crippen molar-refractivity contribution in [3.05, 3.63) is 24.3 Å². The van der Waals surface area contributed by atoms with Crippen molar-refractivity contribution in [3.63, 3.8) is 0 Å². The molecule has 2 rings (SSSR count). The number of amides is 1. The van der Waals surface area contributed by atoms with E-state index in [0.29, 0.717) is 5.75 Å². The molecule has 1 aromatic rings. The average molecular weight is 293 g/mol. The van der Waals surface area contributed by atoms with E-state index in [-0.39, 0.29) is 5.91 Å². The van der Waals surface area contributed by atoms with Gasteiger partial charge in [0.25, 0.3) is 0 Å². The molecule has 1 aliphatic heterocycles. The van der Waals surface area contributed by atoms with Gasteiger partial charge in [0.05, 0.1) is 5.75 Å². The molecule has 1 amide bonds. The van der Waals surface area contributed by atoms with Gasteiger partial charge in [-0.15, -0.1) is 11.8 Å². The van der Waals surface area contributed by atoms with Gasteiger partial charge in [0.1, 0.15) is 0 Å². The minimum absolute atomic E-state index is 0.278. The lowest BCUT2D eigenvalue weighted by Gasteiger charge is -2.29.